The average Bonchev–Trinajstić information content (AvgIpc) is 3.13. The highest BCUT2D eigenvalue weighted by Crippen LogP contribution is 2.30. The van der Waals surface area contributed by atoms with Crippen LogP contribution in [-0.4, -0.2) is 47.7 Å². The van der Waals surface area contributed by atoms with Crippen molar-refractivity contribution in [3.05, 3.63) is 168 Å². The fourth-order valence-electron chi connectivity index (χ4n) is 6.04. The zero-order valence-electron chi connectivity index (χ0n) is 26.6. The second kappa shape index (κ2) is 17.4. The third kappa shape index (κ3) is 9.63. The first-order valence-corrected chi connectivity index (χ1v) is 17.5. The first-order valence-electron chi connectivity index (χ1n) is 16.3. The second-order valence-electron chi connectivity index (χ2n) is 11.9. The van der Waals surface area contributed by atoms with Crippen molar-refractivity contribution >= 4 is 15.9 Å². The van der Waals surface area contributed by atoms with E-state index in [1.807, 2.05) is 60.7 Å². The molecule has 6 heteroatoms. The summed E-state index contributed by atoms with van der Waals surface area (Å²) < 4.78 is 26.3. The van der Waals surface area contributed by atoms with Crippen LogP contribution in [0.4, 0.5) is 0 Å². The van der Waals surface area contributed by atoms with E-state index in [-0.39, 0.29) is 24.4 Å². The van der Waals surface area contributed by atoms with Crippen molar-refractivity contribution in [2.75, 3.05) is 18.4 Å². The Labute approximate surface area is 287 Å². The van der Waals surface area contributed by atoms with Gasteiger partial charge in [0.1, 0.15) is 23.7 Å². The van der Waals surface area contributed by atoms with Crippen molar-refractivity contribution in [3.8, 4) is 11.5 Å². The fraction of sp³-hybridized carbons (Fsp3) is 0.268. The molecule has 0 saturated carbocycles. The molecule has 6 rings (SSSR count). The van der Waals surface area contributed by atoms with Gasteiger partial charge in [-0.3, -0.25) is 4.90 Å². The molecule has 5 aromatic rings. The number of likely N-dealkylation sites (tertiary alicyclic amines) is 1. The lowest BCUT2D eigenvalue weighted by Gasteiger charge is -2.48. The van der Waals surface area contributed by atoms with Gasteiger partial charge in [0.25, 0.3) is 0 Å². The minimum Gasteiger partial charge on any atom is -0.457 e. The molecule has 0 spiro atoms. The number of ether oxygens (including phenoxy) is 4. The van der Waals surface area contributed by atoms with Crippen molar-refractivity contribution in [1.29, 1.82) is 0 Å². The predicted molar refractivity (Wildman–Crippen MR) is 191 cm³/mol. The minimum absolute atomic E-state index is 0.0942. The Kier molecular flexibility index (Phi) is 12.3. The lowest BCUT2D eigenvalue weighted by atomic mass is 9.93. The molecule has 0 unspecified atom stereocenters. The van der Waals surface area contributed by atoms with Gasteiger partial charge in [0.15, 0.2) is 0 Å². The monoisotopic (exact) mass is 691 g/mol. The second-order valence-corrected chi connectivity index (χ2v) is 12.5. The lowest BCUT2D eigenvalue weighted by molar-refractivity contribution is -0.199. The van der Waals surface area contributed by atoms with Crippen LogP contribution in [0.15, 0.2) is 146 Å². The molecule has 1 saturated heterocycles. The molecule has 1 heterocycles. The molecule has 1 aliphatic heterocycles. The molecule has 0 aliphatic carbocycles. The van der Waals surface area contributed by atoms with Gasteiger partial charge in [0.05, 0.1) is 25.9 Å². The highest BCUT2D eigenvalue weighted by molar-refractivity contribution is 9.09. The van der Waals surface area contributed by atoms with Crippen LogP contribution in [0.5, 0.6) is 11.5 Å². The Morgan fingerprint density at radius 1 is 0.511 bits per heavy atom. The standard InChI is InChI=1S/C41H42BrNO4/c42-27-38-40(45-30-34-15-7-2-8-16-34)41(46-31-35-17-9-3-10-18-35)39(44-29-33-13-5-1-6-14-33)28-43(38)26-25-32-21-23-37(24-22-32)47-36-19-11-4-12-20-36/h1-24,38-41H,25-31H2/t38-,39+,40-,41-/m1/s1. The molecule has 0 aromatic heterocycles. The number of alkyl halides is 1. The largest absolute Gasteiger partial charge is 0.457 e. The Balaban J connectivity index is 1.21. The summed E-state index contributed by atoms with van der Waals surface area (Å²) in [5.41, 5.74) is 4.67. The SMILES string of the molecule is BrC[C@@H]1[C@@H](OCc2ccccc2)[C@H](OCc2ccccc2)[C@@H](OCc2ccccc2)CN1CCc1ccc(Oc2ccccc2)cc1. The highest BCUT2D eigenvalue weighted by Gasteiger charge is 2.45. The minimum atomic E-state index is -0.254. The number of rotatable bonds is 15. The van der Waals surface area contributed by atoms with Gasteiger partial charge in [-0.15, -0.1) is 0 Å². The molecule has 1 aliphatic rings. The number of hydrogen-bond acceptors (Lipinski definition) is 5. The maximum atomic E-state index is 6.82. The summed E-state index contributed by atoms with van der Waals surface area (Å²) in [7, 11) is 0. The Morgan fingerprint density at radius 2 is 0.979 bits per heavy atom. The van der Waals surface area contributed by atoms with E-state index in [1.165, 1.54) is 5.56 Å². The van der Waals surface area contributed by atoms with Crippen molar-refractivity contribution < 1.29 is 18.9 Å². The average molecular weight is 693 g/mol. The van der Waals surface area contributed by atoms with E-state index >= 15 is 0 Å². The van der Waals surface area contributed by atoms with E-state index in [1.54, 1.807) is 0 Å². The van der Waals surface area contributed by atoms with Crippen molar-refractivity contribution in [2.45, 2.75) is 50.6 Å². The van der Waals surface area contributed by atoms with Gasteiger partial charge >= 0.3 is 0 Å². The number of halogens is 1. The first kappa shape index (κ1) is 33.1. The maximum Gasteiger partial charge on any atom is 0.127 e. The van der Waals surface area contributed by atoms with E-state index in [4.69, 9.17) is 18.9 Å². The molecule has 0 bridgehead atoms. The van der Waals surface area contributed by atoms with E-state index in [9.17, 15) is 0 Å². The van der Waals surface area contributed by atoms with Crippen LogP contribution in [0.1, 0.15) is 22.3 Å². The third-order valence-corrected chi connectivity index (χ3v) is 9.24. The summed E-state index contributed by atoms with van der Waals surface area (Å²) in [5, 5.41) is 0.757. The Hall–Kier alpha value is -3.78. The highest BCUT2D eigenvalue weighted by atomic mass is 79.9. The zero-order valence-corrected chi connectivity index (χ0v) is 28.2. The number of piperidine rings is 1. The number of para-hydroxylation sites is 1. The molecular formula is C41H42BrNO4. The van der Waals surface area contributed by atoms with Gasteiger partial charge in [-0.25, -0.2) is 0 Å². The van der Waals surface area contributed by atoms with Crippen LogP contribution in [0, 0.1) is 0 Å². The van der Waals surface area contributed by atoms with Crippen LogP contribution < -0.4 is 4.74 Å². The molecular weight excluding hydrogens is 650 g/mol. The van der Waals surface area contributed by atoms with Gasteiger partial charge in [-0.1, -0.05) is 137 Å². The summed E-state index contributed by atoms with van der Waals surface area (Å²) in [4.78, 5) is 2.51. The van der Waals surface area contributed by atoms with Crippen LogP contribution in [0.3, 0.4) is 0 Å². The van der Waals surface area contributed by atoms with Gasteiger partial charge in [0, 0.05) is 24.5 Å². The van der Waals surface area contributed by atoms with E-state index in [0.717, 1.165) is 53.0 Å². The van der Waals surface area contributed by atoms with Gasteiger partial charge in [-0.05, 0) is 52.9 Å². The van der Waals surface area contributed by atoms with E-state index < -0.39 is 0 Å². The quantitative estimate of drug-likeness (QED) is 0.103. The Bertz CT molecular complexity index is 1590. The van der Waals surface area contributed by atoms with Crippen molar-refractivity contribution in [3.63, 3.8) is 0 Å². The van der Waals surface area contributed by atoms with E-state index in [2.05, 4.69) is 106 Å². The molecule has 4 atom stereocenters. The van der Waals surface area contributed by atoms with Crippen LogP contribution in [-0.2, 0) is 40.5 Å². The summed E-state index contributed by atoms with van der Waals surface area (Å²) >= 11 is 3.87. The molecule has 1 fully saturated rings. The number of nitrogens with zero attached hydrogens (tertiary/aromatic N) is 1. The third-order valence-electron chi connectivity index (χ3n) is 8.58. The molecule has 0 radical (unpaired) electrons. The molecule has 47 heavy (non-hydrogen) atoms. The molecule has 0 N–H and O–H groups in total. The normalized spacial score (nSPS) is 19.8. The van der Waals surface area contributed by atoms with Crippen LogP contribution in [0.2, 0.25) is 0 Å². The molecule has 5 aromatic carbocycles. The zero-order chi connectivity index (χ0) is 32.1. The van der Waals surface area contributed by atoms with E-state index in [0.29, 0.717) is 19.8 Å². The Morgan fingerprint density at radius 3 is 1.51 bits per heavy atom. The number of hydrogen-bond donors (Lipinski definition) is 0. The summed E-state index contributed by atoms with van der Waals surface area (Å²) in [6, 6.07) is 49.4. The topological polar surface area (TPSA) is 40.2 Å². The van der Waals surface area contributed by atoms with Crippen LogP contribution >= 0.6 is 15.9 Å². The van der Waals surface area contributed by atoms with Gasteiger partial charge < -0.3 is 18.9 Å². The van der Waals surface area contributed by atoms with Crippen molar-refractivity contribution in [1.82, 2.24) is 4.90 Å². The summed E-state index contributed by atoms with van der Waals surface area (Å²) in [6.45, 7) is 3.11. The maximum absolute atomic E-state index is 6.82. The smallest absolute Gasteiger partial charge is 0.127 e. The van der Waals surface area contributed by atoms with Crippen LogP contribution in [0.25, 0.3) is 0 Å². The fourth-order valence-corrected chi connectivity index (χ4v) is 6.82. The first-order chi connectivity index (χ1) is 23.2. The molecule has 0 amide bonds. The van der Waals surface area contributed by atoms with Gasteiger partial charge in [-0.2, -0.15) is 0 Å². The predicted octanol–water partition coefficient (Wildman–Crippen LogP) is 8.86. The summed E-state index contributed by atoms with van der Waals surface area (Å²) in [6.07, 6.45) is 0.239. The van der Waals surface area contributed by atoms with Crippen molar-refractivity contribution in [2.24, 2.45) is 0 Å². The number of benzene rings is 5. The molecule has 5 nitrogen and oxygen atoms in total. The molecule has 242 valence electrons. The summed E-state index contributed by atoms with van der Waals surface area (Å²) in [5.74, 6) is 1.67. The lowest BCUT2D eigenvalue weighted by Crippen LogP contribution is -2.64. The van der Waals surface area contributed by atoms with Gasteiger partial charge in [0.2, 0.25) is 0 Å².